The Bertz CT molecular complexity index is 179. The Morgan fingerprint density at radius 2 is 1.78 bits per heavy atom. The maximum absolute atomic E-state index is 5.13. The van der Waals surface area contributed by atoms with Gasteiger partial charge in [-0.1, -0.05) is 12.1 Å². The van der Waals surface area contributed by atoms with Gasteiger partial charge in [-0.2, -0.15) is 0 Å². The summed E-state index contributed by atoms with van der Waals surface area (Å²) in [6.45, 7) is 3.73. The van der Waals surface area contributed by atoms with Crippen molar-refractivity contribution in [3.05, 3.63) is 36.8 Å². The van der Waals surface area contributed by atoms with Crippen LogP contribution in [0.5, 0.6) is 0 Å². The first kappa shape index (κ1) is 6.11. The smallest absolute Gasteiger partial charge is 0.0485 e. The SMILES string of the molecule is [CH2]c1ccc(NN)cc1. The Morgan fingerprint density at radius 3 is 2.22 bits per heavy atom. The first-order valence-corrected chi connectivity index (χ1v) is 2.71. The van der Waals surface area contributed by atoms with Crippen molar-refractivity contribution in [2.24, 2.45) is 5.84 Å². The fourth-order valence-corrected chi connectivity index (χ4v) is 0.601. The number of hydrogen-bond donors (Lipinski definition) is 2. The molecule has 2 heteroatoms. The molecule has 0 heterocycles. The van der Waals surface area contributed by atoms with E-state index < -0.39 is 0 Å². The van der Waals surface area contributed by atoms with Crippen molar-refractivity contribution < 1.29 is 0 Å². The minimum absolute atomic E-state index is 0.905. The van der Waals surface area contributed by atoms with Crippen LogP contribution in [-0.4, -0.2) is 0 Å². The van der Waals surface area contributed by atoms with Gasteiger partial charge in [0.2, 0.25) is 0 Å². The summed E-state index contributed by atoms with van der Waals surface area (Å²) >= 11 is 0. The fourth-order valence-electron chi connectivity index (χ4n) is 0.601. The van der Waals surface area contributed by atoms with E-state index in [-0.39, 0.29) is 0 Å². The highest BCUT2D eigenvalue weighted by molar-refractivity contribution is 5.43. The summed E-state index contributed by atoms with van der Waals surface area (Å²) in [5, 5.41) is 0. The molecule has 0 spiro atoms. The molecule has 47 valence electrons. The second kappa shape index (κ2) is 2.51. The Labute approximate surface area is 54.7 Å². The molecular weight excluding hydrogens is 112 g/mol. The van der Waals surface area contributed by atoms with E-state index in [1.165, 1.54) is 0 Å². The van der Waals surface area contributed by atoms with Crippen LogP contribution in [-0.2, 0) is 0 Å². The predicted molar refractivity (Wildman–Crippen MR) is 38.7 cm³/mol. The highest BCUT2D eigenvalue weighted by Gasteiger charge is 1.84. The van der Waals surface area contributed by atoms with Crippen LogP contribution in [0.4, 0.5) is 5.69 Å². The molecule has 0 aliphatic rings. The molecule has 0 saturated carbocycles. The zero-order valence-electron chi connectivity index (χ0n) is 5.09. The number of nitrogens with one attached hydrogen (secondary N) is 1. The number of hydrogen-bond acceptors (Lipinski definition) is 2. The minimum atomic E-state index is 0.905. The van der Waals surface area contributed by atoms with E-state index >= 15 is 0 Å². The van der Waals surface area contributed by atoms with Gasteiger partial charge in [0, 0.05) is 5.69 Å². The van der Waals surface area contributed by atoms with Gasteiger partial charge in [-0.3, -0.25) is 5.84 Å². The molecule has 0 unspecified atom stereocenters. The summed E-state index contributed by atoms with van der Waals surface area (Å²) in [7, 11) is 0. The largest absolute Gasteiger partial charge is 0.324 e. The molecule has 0 saturated heterocycles. The fraction of sp³-hybridized carbons (Fsp3) is 0. The number of nitrogens with two attached hydrogens (primary N) is 1. The standard InChI is InChI=1S/C7H9N2/c1-6-2-4-7(9-8)5-3-6/h2-5,9H,1,8H2. The van der Waals surface area contributed by atoms with Gasteiger partial charge in [0.15, 0.2) is 0 Å². The second-order valence-electron chi connectivity index (χ2n) is 1.84. The van der Waals surface area contributed by atoms with Crippen molar-refractivity contribution in [3.63, 3.8) is 0 Å². The van der Waals surface area contributed by atoms with Crippen LogP contribution in [0.25, 0.3) is 0 Å². The van der Waals surface area contributed by atoms with E-state index in [1.54, 1.807) is 0 Å². The van der Waals surface area contributed by atoms with Crippen LogP contribution < -0.4 is 11.3 Å². The molecule has 0 aromatic heterocycles. The monoisotopic (exact) mass is 121 g/mol. The second-order valence-corrected chi connectivity index (χ2v) is 1.84. The average Bonchev–Trinajstić information content (AvgIpc) is 1.90. The maximum Gasteiger partial charge on any atom is 0.0485 e. The number of benzene rings is 1. The van der Waals surface area contributed by atoms with E-state index in [9.17, 15) is 0 Å². The van der Waals surface area contributed by atoms with E-state index in [0.29, 0.717) is 0 Å². The predicted octanol–water partition coefficient (Wildman–Crippen LogP) is 1.15. The van der Waals surface area contributed by atoms with E-state index in [1.807, 2.05) is 24.3 Å². The lowest BCUT2D eigenvalue weighted by molar-refractivity contribution is 1.35. The first-order valence-electron chi connectivity index (χ1n) is 2.71. The van der Waals surface area contributed by atoms with Crippen molar-refractivity contribution in [1.29, 1.82) is 0 Å². The molecule has 2 nitrogen and oxygen atoms in total. The van der Waals surface area contributed by atoms with Crippen LogP contribution >= 0.6 is 0 Å². The van der Waals surface area contributed by atoms with Crippen LogP contribution in [0.3, 0.4) is 0 Å². The molecule has 0 bridgehead atoms. The Kier molecular flexibility index (Phi) is 1.70. The lowest BCUT2D eigenvalue weighted by atomic mass is 10.2. The molecule has 1 aromatic rings. The third-order valence-corrected chi connectivity index (χ3v) is 1.12. The minimum Gasteiger partial charge on any atom is -0.324 e. The molecule has 1 radical (unpaired) electrons. The zero-order valence-corrected chi connectivity index (χ0v) is 5.09. The quantitative estimate of drug-likeness (QED) is 0.432. The molecule has 3 N–H and O–H groups in total. The van der Waals surface area contributed by atoms with E-state index in [0.717, 1.165) is 11.3 Å². The summed E-state index contributed by atoms with van der Waals surface area (Å²) in [5.41, 5.74) is 4.43. The summed E-state index contributed by atoms with van der Waals surface area (Å²) < 4.78 is 0. The third-order valence-electron chi connectivity index (χ3n) is 1.12. The Hall–Kier alpha value is -1.02. The van der Waals surface area contributed by atoms with E-state index in [2.05, 4.69) is 12.3 Å². The zero-order chi connectivity index (χ0) is 6.69. The van der Waals surface area contributed by atoms with Crippen LogP contribution in [0.2, 0.25) is 0 Å². The van der Waals surface area contributed by atoms with Crippen LogP contribution in [0, 0.1) is 6.92 Å². The molecule has 0 aliphatic heterocycles. The number of anilines is 1. The first-order chi connectivity index (χ1) is 4.33. The van der Waals surface area contributed by atoms with Crippen LogP contribution in [0.15, 0.2) is 24.3 Å². The average molecular weight is 121 g/mol. The molecule has 1 rings (SSSR count). The van der Waals surface area contributed by atoms with Crippen molar-refractivity contribution >= 4 is 5.69 Å². The van der Waals surface area contributed by atoms with Gasteiger partial charge in [0.05, 0.1) is 0 Å². The van der Waals surface area contributed by atoms with Crippen molar-refractivity contribution in [2.75, 3.05) is 5.43 Å². The topological polar surface area (TPSA) is 38.0 Å². The molecule has 0 amide bonds. The van der Waals surface area contributed by atoms with Gasteiger partial charge in [-0.15, -0.1) is 0 Å². The number of rotatable bonds is 1. The number of hydrazine groups is 1. The van der Waals surface area contributed by atoms with Crippen molar-refractivity contribution in [2.45, 2.75) is 0 Å². The van der Waals surface area contributed by atoms with Gasteiger partial charge < -0.3 is 5.43 Å². The molecule has 0 atom stereocenters. The highest BCUT2D eigenvalue weighted by Crippen LogP contribution is 2.05. The van der Waals surface area contributed by atoms with Gasteiger partial charge in [0.25, 0.3) is 0 Å². The summed E-state index contributed by atoms with van der Waals surface area (Å²) in [4.78, 5) is 0. The Balaban J connectivity index is 2.88. The summed E-state index contributed by atoms with van der Waals surface area (Å²) in [6, 6.07) is 7.55. The summed E-state index contributed by atoms with van der Waals surface area (Å²) in [5.74, 6) is 5.13. The normalized spacial score (nSPS) is 9.11. The van der Waals surface area contributed by atoms with Gasteiger partial charge in [-0.25, -0.2) is 0 Å². The van der Waals surface area contributed by atoms with Crippen molar-refractivity contribution in [1.82, 2.24) is 0 Å². The third kappa shape index (κ3) is 1.44. The summed E-state index contributed by atoms with van der Waals surface area (Å²) in [6.07, 6.45) is 0. The molecule has 0 fully saturated rings. The molecule has 9 heavy (non-hydrogen) atoms. The van der Waals surface area contributed by atoms with E-state index in [4.69, 9.17) is 5.84 Å². The van der Waals surface area contributed by atoms with Crippen molar-refractivity contribution in [3.8, 4) is 0 Å². The lowest BCUT2D eigenvalue weighted by Crippen LogP contribution is -2.05. The molecular formula is C7H9N2. The number of nitrogen functional groups attached to an aromatic ring is 1. The maximum atomic E-state index is 5.13. The van der Waals surface area contributed by atoms with Crippen LogP contribution in [0.1, 0.15) is 5.56 Å². The van der Waals surface area contributed by atoms with Gasteiger partial charge >= 0.3 is 0 Å². The van der Waals surface area contributed by atoms with Gasteiger partial charge in [0.1, 0.15) is 0 Å². The van der Waals surface area contributed by atoms with Gasteiger partial charge in [-0.05, 0) is 24.6 Å². The Morgan fingerprint density at radius 1 is 1.22 bits per heavy atom. The molecule has 0 aliphatic carbocycles. The highest BCUT2D eigenvalue weighted by atomic mass is 15.2. The molecule has 1 aromatic carbocycles. The lowest BCUT2D eigenvalue weighted by Gasteiger charge is -1.97.